The zero-order chi connectivity index (χ0) is 28.6. The lowest BCUT2D eigenvalue weighted by molar-refractivity contribution is -0.145. The minimum atomic E-state index is -0.509. The van der Waals surface area contributed by atoms with Crippen LogP contribution in [0.3, 0.4) is 0 Å². The van der Waals surface area contributed by atoms with E-state index in [1.807, 2.05) is 32.9 Å². The number of hydrogen-bond acceptors (Lipinski definition) is 6. The smallest absolute Gasteiger partial charge is 0.343 e. The van der Waals surface area contributed by atoms with Crippen molar-refractivity contribution >= 4 is 23.0 Å². The van der Waals surface area contributed by atoms with Crippen LogP contribution < -0.4 is 5.63 Å². The fraction of sp³-hybridized carbons (Fsp3) is 0.333. The van der Waals surface area contributed by atoms with Crippen molar-refractivity contribution in [1.29, 1.82) is 5.26 Å². The fourth-order valence-electron chi connectivity index (χ4n) is 5.08. The molecule has 3 aliphatic rings. The van der Waals surface area contributed by atoms with E-state index in [-0.39, 0.29) is 34.8 Å². The zero-order valence-electron chi connectivity index (χ0n) is 22.8. The summed E-state index contributed by atoms with van der Waals surface area (Å²) < 4.78 is 16.9. The predicted octanol–water partition coefficient (Wildman–Crippen LogP) is 6.07. The lowest BCUT2D eigenvalue weighted by Gasteiger charge is -2.26. The second-order valence-electron chi connectivity index (χ2n) is 11.1. The molecule has 3 atom stereocenters. The Bertz CT molecular complexity index is 1740. The maximum atomic E-state index is 12.9. The number of benzene rings is 1. The number of aryl methyl sites for hydroxylation is 1. The van der Waals surface area contributed by atoms with E-state index in [0.29, 0.717) is 34.8 Å². The Morgan fingerprint density at radius 1 is 1.27 bits per heavy atom. The molecule has 1 aromatic heterocycles. The Labute approximate surface area is 232 Å². The van der Waals surface area contributed by atoms with Crippen molar-refractivity contribution in [3.05, 3.63) is 97.7 Å². The van der Waals surface area contributed by atoms with Crippen molar-refractivity contribution in [2.24, 2.45) is 23.2 Å². The second kappa shape index (κ2) is 10.4. The summed E-state index contributed by atoms with van der Waals surface area (Å²) in [6.45, 7) is 15.4. The van der Waals surface area contributed by atoms with Gasteiger partial charge in [0.1, 0.15) is 17.1 Å². The Kier molecular flexibility index (Phi) is 6.97. The molecule has 3 unspecified atom stereocenters. The maximum absolute atomic E-state index is 12.9. The van der Waals surface area contributed by atoms with Crippen LogP contribution in [-0.4, -0.2) is 12.6 Å². The van der Waals surface area contributed by atoms with Crippen LogP contribution in [0, 0.1) is 52.9 Å². The van der Waals surface area contributed by atoms with Crippen LogP contribution in [0.5, 0.6) is 0 Å². The molecular weight excluding hydrogens is 504 g/mol. The molecule has 0 amide bonds. The van der Waals surface area contributed by atoms with Gasteiger partial charge in [-0.3, -0.25) is 4.79 Å². The average molecular weight is 533 g/mol. The molecule has 0 bridgehead atoms. The Morgan fingerprint density at radius 3 is 2.77 bits per heavy atom. The SMILES string of the molecule is [C-]#[N+]/C(C#N)=C1C=C(/C=C/c2cc3cc4c(cc3oc2=O)C#CC2C(CC4)C2C(=O)OCC)OC(C(C)(C)C)=C/1. The van der Waals surface area contributed by atoms with E-state index >= 15 is 0 Å². The third kappa shape index (κ3) is 5.22. The zero-order valence-corrected chi connectivity index (χ0v) is 22.8. The van der Waals surface area contributed by atoms with E-state index in [0.717, 1.165) is 29.4 Å². The van der Waals surface area contributed by atoms with Crippen LogP contribution in [0.4, 0.5) is 0 Å². The van der Waals surface area contributed by atoms with Crippen LogP contribution in [0.25, 0.3) is 21.9 Å². The minimum Gasteiger partial charge on any atom is -0.466 e. The summed E-state index contributed by atoms with van der Waals surface area (Å²) in [5.41, 5.74) is 2.19. The van der Waals surface area contributed by atoms with Crippen molar-refractivity contribution < 1.29 is 18.7 Å². The molecule has 1 saturated carbocycles. The number of carbonyl (C=O) groups is 1. The molecule has 0 N–H and O–H groups in total. The van der Waals surface area contributed by atoms with E-state index in [1.165, 1.54) is 0 Å². The van der Waals surface area contributed by atoms with Crippen molar-refractivity contribution in [3.63, 3.8) is 0 Å². The van der Waals surface area contributed by atoms with Gasteiger partial charge in [-0.15, -0.1) is 0 Å². The topological polar surface area (TPSA) is 93.9 Å². The van der Waals surface area contributed by atoms with Gasteiger partial charge in [0, 0.05) is 22.3 Å². The summed E-state index contributed by atoms with van der Waals surface area (Å²) in [5.74, 6) is 7.34. The third-order valence-corrected chi connectivity index (χ3v) is 7.30. The molecule has 200 valence electrons. The molecule has 1 aliphatic heterocycles. The van der Waals surface area contributed by atoms with Gasteiger partial charge in [-0.05, 0) is 79.3 Å². The van der Waals surface area contributed by atoms with E-state index in [4.69, 9.17) is 20.5 Å². The van der Waals surface area contributed by atoms with Gasteiger partial charge in [-0.25, -0.2) is 14.9 Å². The second-order valence-corrected chi connectivity index (χ2v) is 11.1. The fourth-order valence-corrected chi connectivity index (χ4v) is 5.08. The molecule has 40 heavy (non-hydrogen) atoms. The summed E-state index contributed by atoms with van der Waals surface area (Å²) >= 11 is 0. The highest BCUT2D eigenvalue weighted by Gasteiger charge is 2.54. The van der Waals surface area contributed by atoms with E-state index in [9.17, 15) is 14.9 Å². The molecule has 7 nitrogen and oxygen atoms in total. The van der Waals surface area contributed by atoms with Gasteiger partial charge in [0.15, 0.2) is 0 Å². The Hall–Kier alpha value is -4.80. The van der Waals surface area contributed by atoms with Crippen LogP contribution in [-0.2, 0) is 20.7 Å². The first-order valence-electron chi connectivity index (χ1n) is 13.2. The highest BCUT2D eigenvalue weighted by atomic mass is 16.5. The number of allylic oxidation sites excluding steroid dienone is 6. The molecule has 2 heterocycles. The summed E-state index contributed by atoms with van der Waals surface area (Å²) in [6.07, 6.45) is 8.17. The van der Waals surface area contributed by atoms with Crippen LogP contribution >= 0.6 is 0 Å². The molecule has 1 aromatic carbocycles. The number of hydrogen-bond donors (Lipinski definition) is 0. The molecular formula is C33H28N2O5. The standard InChI is InChI=1S/C33H28N2O5/c1-6-38-32(37)30-25-11-8-19-13-23-14-21(31(36)40-28(23)16-20(19)9-12-26(25)30)7-10-24-15-22(27(18-34)35-5)17-29(39-24)33(2,3)4/h7,10,13-17,25-26,30H,6,8,11H2,1-4H3/b10-7+,27-22-. The number of nitriles is 1. The molecule has 7 heteroatoms. The number of ether oxygens (including phenoxy) is 2. The van der Waals surface area contributed by atoms with Crippen LogP contribution in [0.15, 0.2) is 68.4 Å². The van der Waals surface area contributed by atoms with E-state index in [1.54, 1.807) is 43.4 Å². The highest BCUT2D eigenvalue weighted by Crippen LogP contribution is 2.50. The van der Waals surface area contributed by atoms with Gasteiger partial charge in [-0.2, -0.15) is 0 Å². The van der Waals surface area contributed by atoms with Gasteiger partial charge in [-0.1, -0.05) is 32.6 Å². The molecule has 1 fully saturated rings. The summed E-state index contributed by atoms with van der Waals surface area (Å²) in [7, 11) is 0. The summed E-state index contributed by atoms with van der Waals surface area (Å²) in [5, 5.41) is 10.1. The number of fused-ring (bicyclic) bond motifs is 3. The summed E-state index contributed by atoms with van der Waals surface area (Å²) in [6, 6.07) is 7.49. The maximum Gasteiger partial charge on any atom is 0.343 e. The minimum absolute atomic E-state index is 0.0155. The first kappa shape index (κ1) is 26.8. The van der Waals surface area contributed by atoms with Gasteiger partial charge in [0.2, 0.25) is 0 Å². The van der Waals surface area contributed by atoms with Gasteiger partial charge >= 0.3 is 11.6 Å². The molecule has 0 radical (unpaired) electrons. The quantitative estimate of drug-likeness (QED) is 0.156. The average Bonchev–Trinajstić information content (AvgIpc) is 3.60. The highest BCUT2D eigenvalue weighted by molar-refractivity contribution is 5.82. The predicted molar refractivity (Wildman–Crippen MR) is 150 cm³/mol. The molecule has 0 saturated heterocycles. The van der Waals surface area contributed by atoms with Crippen molar-refractivity contribution in [1.82, 2.24) is 0 Å². The Morgan fingerprint density at radius 2 is 2.08 bits per heavy atom. The number of nitrogens with zero attached hydrogens (tertiary/aromatic N) is 2. The largest absolute Gasteiger partial charge is 0.466 e. The normalized spacial score (nSPS) is 22.5. The van der Waals surface area contributed by atoms with E-state index < -0.39 is 5.63 Å². The Balaban J connectivity index is 1.44. The van der Waals surface area contributed by atoms with Crippen molar-refractivity contribution in [2.75, 3.05) is 6.61 Å². The van der Waals surface area contributed by atoms with Crippen molar-refractivity contribution in [3.8, 4) is 17.9 Å². The van der Waals surface area contributed by atoms with Crippen molar-refractivity contribution in [2.45, 2.75) is 40.5 Å². The molecule has 0 spiro atoms. The molecule has 5 rings (SSSR count). The van der Waals surface area contributed by atoms with Gasteiger partial charge in [0.05, 0.1) is 30.7 Å². The lowest BCUT2D eigenvalue weighted by Crippen LogP contribution is -2.15. The first-order valence-corrected chi connectivity index (χ1v) is 13.2. The number of carbonyl (C=O) groups excluding carboxylic acids is 1. The number of esters is 1. The summed E-state index contributed by atoms with van der Waals surface area (Å²) in [4.78, 5) is 28.4. The van der Waals surface area contributed by atoms with Crippen LogP contribution in [0.1, 0.15) is 50.8 Å². The number of rotatable bonds is 4. The van der Waals surface area contributed by atoms with Crippen LogP contribution in [0.2, 0.25) is 0 Å². The third-order valence-electron chi connectivity index (χ3n) is 7.30. The van der Waals surface area contributed by atoms with E-state index in [2.05, 4.69) is 16.7 Å². The monoisotopic (exact) mass is 532 g/mol. The molecule has 2 aliphatic carbocycles. The van der Waals surface area contributed by atoms with Gasteiger partial charge < -0.3 is 13.9 Å². The lowest BCUT2D eigenvalue weighted by atomic mass is 9.91. The first-order chi connectivity index (χ1) is 19.1. The molecule has 2 aromatic rings. The van der Waals surface area contributed by atoms with Gasteiger partial charge in [0.25, 0.3) is 5.70 Å².